The molecule has 0 amide bonds. The van der Waals surface area contributed by atoms with Crippen molar-refractivity contribution in [2.75, 3.05) is 6.54 Å². The first-order valence-electron chi connectivity index (χ1n) is 9.07. The van der Waals surface area contributed by atoms with Gasteiger partial charge in [0.25, 0.3) is 5.56 Å². The zero-order valence-corrected chi connectivity index (χ0v) is 14.1. The van der Waals surface area contributed by atoms with Gasteiger partial charge in [-0.05, 0) is 56.3 Å². The smallest absolute Gasteiger partial charge is 0.258 e. The van der Waals surface area contributed by atoms with Crippen LogP contribution in [0.2, 0.25) is 0 Å². The molecule has 1 aliphatic heterocycles. The number of benzene rings is 1. The van der Waals surface area contributed by atoms with Gasteiger partial charge in [0.15, 0.2) is 0 Å². The summed E-state index contributed by atoms with van der Waals surface area (Å²) in [7, 11) is 0. The summed E-state index contributed by atoms with van der Waals surface area (Å²) >= 11 is 0. The first-order valence-corrected chi connectivity index (χ1v) is 9.07. The second-order valence-electron chi connectivity index (χ2n) is 7.08. The summed E-state index contributed by atoms with van der Waals surface area (Å²) in [6, 6.07) is 7.70. The molecule has 1 fully saturated rings. The maximum atomic E-state index is 12.4. The zero-order chi connectivity index (χ0) is 16.8. The Morgan fingerprint density at radius 1 is 1.20 bits per heavy atom. The molecule has 0 saturated carbocycles. The maximum absolute atomic E-state index is 12.4. The third-order valence-electron chi connectivity index (χ3n) is 5.56. The van der Waals surface area contributed by atoms with E-state index in [1.54, 1.807) is 0 Å². The number of hydrogen-bond acceptors (Lipinski definition) is 4. The molecule has 0 radical (unpaired) electrons. The number of aromatic amines is 2. The van der Waals surface area contributed by atoms with Gasteiger partial charge in [-0.1, -0.05) is 12.1 Å². The molecule has 2 aliphatic rings. The second kappa shape index (κ2) is 5.81. The SMILES string of the molecule is O=c1[nH]c(C2CCCN2Cc2n[nH]c3c2CCC3)nc2ccccc12. The highest BCUT2D eigenvalue weighted by Gasteiger charge is 2.30. The number of nitrogens with zero attached hydrogens (tertiary/aromatic N) is 3. The Morgan fingerprint density at radius 3 is 3.08 bits per heavy atom. The standard InChI is InChI=1S/C19H21N5O/c25-19-13-5-1-2-7-14(13)20-18(21-19)17-9-4-10-24(17)11-16-12-6-3-8-15(12)22-23-16/h1-2,5,7,17H,3-4,6,8-11H2,(H,22,23)(H,20,21,25). The Kier molecular flexibility index (Phi) is 3.45. The summed E-state index contributed by atoms with van der Waals surface area (Å²) in [6.07, 6.45) is 5.61. The summed E-state index contributed by atoms with van der Waals surface area (Å²) in [4.78, 5) is 22.6. The van der Waals surface area contributed by atoms with E-state index in [4.69, 9.17) is 4.98 Å². The summed E-state index contributed by atoms with van der Waals surface area (Å²) in [5, 5.41) is 8.39. The number of likely N-dealkylation sites (tertiary alicyclic amines) is 1. The average Bonchev–Trinajstić information content (AvgIpc) is 3.34. The van der Waals surface area contributed by atoms with Crippen LogP contribution in [0.4, 0.5) is 0 Å². The van der Waals surface area contributed by atoms with Crippen LogP contribution in [0, 0.1) is 0 Å². The van der Waals surface area contributed by atoms with E-state index in [1.807, 2.05) is 24.3 Å². The molecule has 5 rings (SSSR count). The number of rotatable bonds is 3. The monoisotopic (exact) mass is 335 g/mol. The van der Waals surface area contributed by atoms with E-state index in [1.165, 1.54) is 23.4 Å². The highest BCUT2D eigenvalue weighted by atomic mass is 16.1. The molecule has 3 aromatic rings. The van der Waals surface area contributed by atoms with Crippen molar-refractivity contribution in [3.05, 3.63) is 57.4 Å². The normalized spacial score (nSPS) is 20.4. The lowest BCUT2D eigenvalue weighted by Crippen LogP contribution is -2.26. The van der Waals surface area contributed by atoms with Gasteiger partial charge < -0.3 is 4.98 Å². The zero-order valence-electron chi connectivity index (χ0n) is 14.1. The van der Waals surface area contributed by atoms with Gasteiger partial charge in [-0.25, -0.2) is 4.98 Å². The molecule has 128 valence electrons. The van der Waals surface area contributed by atoms with Gasteiger partial charge in [-0.2, -0.15) is 5.10 Å². The summed E-state index contributed by atoms with van der Waals surface area (Å²) in [5.74, 6) is 0.786. The Morgan fingerprint density at radius 2 is 2.12 bits per heavy atom. The van der Waals surface area contributed by atoms with Crippen molar-refractivity contribution in [3.8, 4) is 0 Å². The lowest BCUT2D eigenvalue weighted by atomic mass is 10.1. The predicted molar refractivity (Wildman–Crippen MR) is 95.4 cm³/mol. The first-order chi connectivity index (χ1) is 12.3. The molecule has 1 unspecified atom stereocenters. The van der Waals surface area contributed by atoms with Crippen LogP contribution < -0.4 is 5.56 Å². The summed E-state index contributed by atoms with van der Waals surface area (Å²) in [5.41, 5.74) is 4.61. The topological polar surface area (TPSA) is 77.7 Å². The molecule has 2 aromatic heterocycles. The van der Waals surface area contributed by atoms with Crippen LogP contribution in [0.3, 0.4) is 0 Å². The van der Waals surface area contributed by atoms with Gasteiger partial charge in [0.05, 0.1) is 22.6 Å². The van der Waals surface area contributed by atoms with E-state index in [9.17, 15) is 4.79 Å². The highest BCUT2D eigenvalue weighted by molar-refractivity contribution is 5.77. The van der Waals surface area contributed by atoms with Crippen LogP contribution in [-0.4, -0.2) is 31.6 Å². The van der Waals surface area contributed by atoms with Gasteiger partial charge in [0, 0.05) is 12.2 Å². The largest absolute Gasteiger partial charge is 0.309 e. The number of aromatic nitrogens is 4. The lowest BCUT2D eigenvalue weighted by Gasteiger charge is -2.23. The minimum absolute atomic E-state index is 0.0480. The average molecular weight is 335 g/mol. The van der Waals surface area contributed by atoms with Crippen LogP contribution >= 0.6 is 0 Å². The van der Waals surface area contributed by atoms with Crippen molar-refractivity contribution in [1.29, 1.82) is 0 Å². The lowest BCUT2D eigenvalue weighted by molar-refractivity contribution is 0.236. The molecule has 25 heavy (non-hydrogen) atoms. The minimum atomic E-state index is -0.0480. The Labute approximate surface area is 145 Å². The minimum Gasteiger partial charge on any atom is -0.309 e. The van der Waals surface area contributed by atoms with Crippen LogP contribution in [-0.2, 0) is 19.4 Å². The fraction of sp³-hybridized carbons (Fsp3) is 0.421. The molecule has 3 heterocycles. The Balaban J connectivity index is 1.47. The quantitative estimate of drug-likeness (QED) is 0.771. The fourth-order valence-electron chi connectivity index (χ4n) is 4.30. The van der Waals surface area contributed by atoms with Crippen LogP contribution in [0.1, 0.15) is 48.1 Å². The third kappa shape index (κ3) is 2.48. The molecule has 6 nitrogen and oxygen atoms in total. The van der Waals surface area contributed by atoms with Gasteiger partial charge in [-0.3, -0.25) is 14.8 Å². The van der Waals surface area contributed by atoms with Gasteiger partial charge in [0.1, 0.15) is 5.82 Å². The maximum Gasteiger partial charge on any atom is 0.258 e. The Bertz CT molecular complexity index is 989. The van der Waals surface area contributed by atoms with E-state index in [2.05, 4.69) is 20.1 Å². The van der Waals surface area contributed by atoms with Gasteiger partial charge in [-0.15, -0.1) is 0 Å². The summed E-state index contributed by atoms with van der Waals surface area (Å²) < 4.78 is 0. The Hall–Kier alpha value is -2.47. The van der Waals surface area contributed by atoms with Gasteiger partial charge in [0.2, 0.25) is 0 Å². The molecule has 0 spiro atoms. The molecule has 2 N–H and O–H groups in total. The third-order valence-corrected chi connectivity index (χ3v) is 5.56. The number of para-hydroxylation sites is 1. The van der Waals surface area contributed by atoms with E-state index >= 15 is 0 Å². The van der Waals surface area contributed by atoms with Crippen molar-refractivity contribution in [3.63, 3.8) is 0 Å². The van der Waals surface area contributed by atoms with Crippen LogP contribution in [0.25, 0.3) is 10.9 Å². The number of H-pyrrole nitrogens is 2. The number of nitrogens with one attached hydrogen (secondary N) is 2. The molecule has 1 aromatic carbocycles. The van der Waals surface area contributed by atoms with E-state index in [0.717, 1.165) is 50.1 Å². The van der Waals surface area contributed by atoms with Crippen LogP contribution in [0.5, 0.6) is 0 Å². The molecule has 6 heteroatoms. The predicted octanol–water partition coefficient (Wildman–Crippen LogP) is 2.47. The molecular weight excluding hydrogens is 314 g/mol. The van der Waals surface area contributed by atoms with E-state index < -0.39 is 0 Å². The number of aryl methyl sites for hydroxylation is 1. The molecular formula is C19H21N5O. The van der Waals surface area contributed by atoms with Crippen molar-refractivity contribution in [2.24, 2.45) is 0 Å². The highest BCUT2D eigenvalue weighted by Crippen LogP contribution is 2.33. The van der Waals surface area contributed by atoms with E-state index in [0.29, 0.717) is 5.39 Å². The fourth-order valence-corrected chi connectivity index (χ4v) is 4.30. The van der Waals surface area contributed by atoms with Gasteiger partial charge >= 0.3 is 0 Å². The number of fused-ring (bicyclic) bond motifs is 2. The molecule has 0 bridgehead atoms. The first kappa shape index (κ1) is 14.8. The van der Waals surface area contributed by atoms with Crippen molar-refractivity contribution in [2.45, 2.75) is 44.7 Å². The van der Waals surface area contributed by atoms with E-state index in [-0.39, 0.29) is 11.6 Å². The number of hydrogen-bond donors (Lipinski definition) is 2. The van der Waals surface area contributed by atoms with Crippen molar-refractivity contribution >= 4 is 10.9 Å². The summed E-state index contributed by atoms with van der Waals surface area (Å²) in [6.45, 7) is 1.84. The second-order valence-corrected chi connectivity index (χ2v) is 7.08. The van der Waals surface area contributed by atoms with Crippen molar-refractivity contribution in [1.82, 2.24) is 25.1 Å². The molecule has 1 atom stereocenters. The molecule has 1 saturated heterocycles. The van der Waals surface area contributed by atoms with Crippen molar-refractivity contribution < 1.29 is 0 Å². The molecule has 1 aliphatic carbocycles. The van der Waals surface area contributed by atoms with Crippen LogP contribution in [0.15, 0.2) is 29.1 Å².